The topological polar surface area (TPSA) is 85.5 Å². The van der Waals surface area contributed by atoms with Crippen LogP contribution in [0.15, 0.2) is 62.4 Å². The van der Waals surface area contributed by atoms with Gasteiger partial charge in [-0.15, -0.1) is 11.8 Å². The minimum absolute atomic E-state index is 0.129. The van der Waals surface area contributed by atoms with E-state index in [-0.39, 0.29) is 24.9 Å². The Labute approximate surface area is 173 Å². The van der Waals surface area contributed by atoms with Crippen molar-refractivity contribution in [3.63, 3.8) is 0 Å². The molecule has 1 amide bonds. The number of amides is 1. The van der Waals surface area contributed by atoms with Crippen LogP contribution in [0.1, 0.15) is 5.89 Å². The van der Waals surface area contributed by atoms with E-state index in [2.05, 4.69) is 26.1 Å². The van der Waals surface area contributed by atoms with Crippen molar-refractivity contribution in [3.8, 4) is 11.4 Å². The molecule has 0 atom stereocenters. The van der Waals surface area contributed by atoms with Crippen LogP contribution >= 0.6 is 27.7 Å². The Kier molecular flexibility index (Phi) is 5.45. The predicted molar refractivity (Wildman–Crippen MR) is 107 cm³/mol. The summed E-state index contributed by atoms with van der Waals surface area (Å²) in [5, 5.41) is 3.90. The number of ether oxygens (including phenoxy) is 1. The number of esters is 1. The third kappa shape index (κ3) is 4.10. The van der Waals surface area contributed by atoms with Gasteiger partial charge in [0.25, 0.3) is 5.89 Å². The zero-order valence-electron chi connectivity index (χ0n) is 14.5. The van der Waals surface area contributed by atoms with Crippen molar-refractivity contribution in [2.24, 2.45) is 0 Å². The fourth-order valence-corrected chi connectivity index (χ4v) is 4.04. The monoisotopic (exact) mass is 459 g/mol. The van der Waals surface area contributed by atoms with Crippen LogP contribution < -0.4 is 4.90 Å². The number of fused-ring (bicyclic) bond motifs is 1. The summed E-state index contributed by atoms with van der Waals surface area (Å²) in [4.78, 5) is 31.1. The quantitative estimate of drug-likeness (QED) is 0.537. The summed E-state index contributed by atoms with van der Waals surface area (Å²) < 4.78 is 11.3. The first-order valence-corrected chi connectivity index (χ1v) is 10.1. The SMILES string of the molecule is O=C(CN1C(=O)CSc2ccccc21)OCc1nc(-c2cccc(Br)c2)no1. The van der Waals surface area contributed by atoms with Crippen molar-refractivity contribution in [3.05, 3.63) is 58.9 Å². The molecule has 7 nitrogen and oxygen atoms in total. The van der Waals surface area contributed by atoms with Crippen molar-refractivity contribution < 1.29 is 18.8 Å². The zero-order chi connectivity index (χ0) is 19.5. The summed E-state index contributed by atoms with van der Waals surface area (Å²) in [5.74, 6) is 0.214. The maximum absolute atomic E-state index is 12.2. The van der Waals surface area contributed by atoms with Crippen LogP contribution in [0.25, 0.3) is 11.4 Å². The van der Waals surface area contributed by atoms with Crippen molar-refractivity contribution in [1.82, 2.24) is 10.1 Å². The maximum Gasteiger partial charge on any atom is 0.326 e. The Morgan fingerprint density at radius 1 is 1.25 bits per heavy atom. The van der Waals surface area contributed by atoms with Gasteiger partial charge >= 0.3 is 5.97 Å². The zero-order valence-corrected chi connectivity index (χ0v) is 16.9. The molecule has 0 unspecified atom stereocenters. The van der Waals surface area contributed by atoms with Crippen molar-refractivity contribution in [1.29, 1.82) is 0 Å². The number of hydrogen-bond donors (Lipinski definition) is 0. The Balaban J connectivity index is 1.38. The van der Waals surface area contributed by atoms with Crippen LogP contribution in [0.2, 0.25) is 0 Å². The molecule has 4 rings (SSSR count). The van der Waals surface area contributed by atoms with E-state index in [1.807, 2.05) is 48.5 Å². The standard InChI is InChI=1S/C19H14BrN3O4S/c20-13-5-3-4-12(8-13)19-21-16(27-22-19)10-26-18(25)9-23-14-6-1-2-7-15(14)28-11-17(23)24/h1-8H,9-11H2. The van der Waals surface area contributed by atoms with Crippen LogP contribution in [0.3, 0.4) is 0 Å². The number of carbonyl (C=O) groups is 2. The Hall–Kier alpha value is -2.65. The largest absolute Gasteiger partial charge is 0.454 e. The number of rotatable bonds is 5. The van der Waals surface area contributed by atoms with Gasteiger partial charge in [-0.05, 0) is 24.3 Å². The van der Waals surface area contributed by atoms with Gasteiger partial charge in [-0.2, -0.15) is 4.98 Å². The molecule has 28 heavy (non-hydrogen) atoms. The van der Waals surface area contributed by atoms with Crippen molar-refractivity contribution in [2.45, 2.75) is 11.5 Å². The Morgan fingerprint density at radius 3 is 2.96 bits per heavy atom. The molecule has 142 valence electrons. The fraction of sp³-hybridized carbons (Fsp3) is 0.158. The third-order valence-electron chi connectivity index (χ3n) is 4.00. The number of para-hydroxylation sites is 1. The summed E-state index contributed by atoms with van der Waals surface area (Å²) >= 11 is 4.85. The van der Waals surface area contributed by atoms with E-state index in [1.54, 1.807) is 0 Å². The summed E-state index contributed by atoms with van der Waals surface area (Å²) in [7, 11) is 0. The first-order valence-electron chi connectivity index (χ1n) is 8.36. The summed E-state index contributed by atoms with van der Waals surface area (Å²) in [6.45, 7) is -0.318. The highest BCUT2D eigenvalue weighted by atomic mass is 79.9. The van der Waals surface area contributed by atoms with Gasteiger partial charge in [0, 0.05) is 14.9 Å². The Bertz CT molecular complexity index is 1040. The maximum atomic E-state index is 12.2. The minimum Gasteiger partial charge on any atom is -0.454 e. The van der Waals surface area contributed by atoms with E-state index in [1.165, 1.54) is 16.7 Å². The number of anilines is 1. The van der Waals surface area contributed by atoms with Gasteiger partial charge in [-0.25, -0.2) is 0 Å². The van der Waals surface area contributed by atoms with E-state index in [4.69, 9.17) is 9.26 Å². The normalized spacial score (nSPS) is 13.3. The smallest absolute Gasteiger partial charge is 0.326 e. The third-order valence-corrected chi connectivity index (χ3v) is 5.54. The Morgan fingerprint density at radius 2 is 2.11 bits per heavy atom. The molecule has 1 aliphatic rings. The lowest BCUT2D eigenvalue weighted by Gasteiger charge is -2.27. The highest BCUT2D eigenvalue weighted by Gasteiger charge is 2.27. The van der Waals surface area contributed by atoms with E-state index in [9.17, 15) is 9.59 Å². The van der Waals surface area contributed by atoms with Gasteiger partial charge in [-0.3, -0.25) is 14.5 Å². The lowest BCUT2D eigenvalue weighted by atomic mass is 10.2. The lowest BCUT2D eigenvalue weighted by molar-refractivity contribution is -0.144. The van der Waals surface area contributed by atoms with Crippen LogP contribution in [0.5, 0.6) is 0 Å². The summed E-state index contributed by atoms with van der Waals surface area (Å²) in [5.41, 5.74) is 1.50. The molecule has 0 saturated carbocycles. The molecule has 1 aromatic heterocycles. The molecule has 0 fully saturated rings. The molecule has 1 aliphatic heterocycles. The van der Waals surface area contributed by atoms with Crippen LogP contribution in [0.4, 0.5) is 5.69 Å². The summed E-state index contributed by atoms with van der Waals surface area (Å²) in [6, 6.07) is 14.9. The second-order valence-corrected chi connectivity index (χ2v) is 7.85. The summed E-state index contributed by atoms with van der Waals surface area (Å²) in [6.07, 6.45) is 0. The molecule has 0 saturated heterocycles. The van der Waals surface area contributed by atoms with E-state index >= 15 is 0 Å². The van der Waals surface area contributed by atoms with Gasteiger partial charge in [0.15, 0.2) is 6.61 Å². The molecule has 0 aliphatic carbocycles. The van der Waals surface area contributed by atoms with Crippen LogP contribution in [-0.2, 0) is 20.9 Å². The molecule has 9 heteroatoms. The number of aromatic nitrogens is 2. The van der Waals surface area contributed by atoms with Gasteiger partial charge in [0.05, 0.1) is 11.4 Å². The average molecular weight is 460 g/mol. The van der Waals surface area contributed by atoms with Gasteiger partial charge in [0.1, 0.15) is 6.54 Å². The van der Waals surface area contributed by atoms with Crippen molar-refractivity contribution in [2.75, 3.05) is 17.2 Å². The van der Waals surface area contributed by atoms with E-state index in [0.29, 0.717) is 11.6 Å². The average Bonchev–Trinajstić information content (AvgIpc) is 3.18. The fourth-order valence-electron chi connectivity index (χ4n) is 2.70. The first kappa shape index (κ1) is 18.7. The predicted octanol–water partition coefficient (Wildman–Crippen LogP) is 3.68. The van der Waals surface area contributed by atoms with Crippen molar-refractivity contribution >= 4 is 45.3 Å². The minimum atomic E-state index is -0.544. The highest BCUT2D eigenvalue weighted by Crippen LogP contribution is 2.34. The molecular formula is C19H14BrN3O4S. The second kappa shape index (κ2) is 8.15. The number of benzene rings is 2. The van der Waals surface area contributed by atoms with E-state index < -0.39 is 5.97 Å². The van der Waals surface area contributed by atoms with Gasteiger partial charge in [0.2, 0.25) is 11.7 Å². The number of thioether (sulfide) groups is 1. The van der Waals surface area contributed by atoms with Gasteiger partial charge in [-0.1, -0.05) is 45.4 Å². The number of hydrogen-bond acceptors (Lipinski definition) is 7. The molecule has 0 bridgehead atoms. The lowest BCUT2D eigenvalue weighted by Crippen LogP contribution is -2.39. The molecule has 2 heterocycles. The molecule has 2 aromatic carbocycles. The number of nitrogens with zero attached hydrogens (tertiary/aromatic N) is 3. The molecule has 0 spiro atoms. The van der Waals surface area contributed by atoms with Crippen LogP contribution in [-0.4, -0.2) is 34.3 Å². The van der Waals surface area contributed by atoms with Gasteiger partial charge < -0.3 is 9.26 Å². The number of carbonyl (C=O) groups excluding carboxylic acids is 2. The molecule has 0 radical (unpaired) electrons. The van der Waals surface area contributed by atoms with Crippen LogP contribution in [0, 0.1) is 0 Å². The number of halogens is 1. The molecular weight excluding hydrogens is 446 g/mol. The molecule has 3 aromatic rings. The first-order chi connectivity index (χ1) is 13.6. The molecule has 0 N–H and O–H groups in total. The highest BCUT2D eigenvalue weighted by molar-refractivity contribution is 9.10. The second-order valence-electron chi connectivity index (χ2n) is 5.92. The van der Waals surface area contributed by atoms with E-state index in [0.717, 1.165) is 20.6 Å².